The number of halogens is 3. The van der Waals surface area contributed by atoms with E-state index in [-0.39, 0.29) is 0 Å². The maximum absolute atomic E-state index is 5.88. The number of rotatable bonds is 3. The number of ether oxygens (including phenoxy) is 1. The average Bonchev–Trinajstić information content (AvgIpc) is 2.34. The molecule has 0 saturated heterocycles. The summed E-state index contributed by atoms with van der Waals surface area (Å²) in [6, 6.07) is 11.1. The van der Waals surface area contributed by atoms with Gasteiger partial charge in [0.1, 0.15) is 11.5 Å². The van der Waals surface area contributed by atoms with Crippen molar-refractivity contribution >= 4 is 43.5 Å². The van der Waals surface area contributed by atoms with Gasteiger partial charge in [0, 0.05) is 11.6 Å². The van der Waals surface area contributed by atoms with Crippen LogP contribution in [0.15, 0.2) is 45.3 Å². The summed E-state index contributed by atoms with van der Waals surface area (Å²) in [6.45, 7) is 0.503. The highest BCUT2D eigenvalue weighted by Gasteiger charge is 2.07. The summed E-state index contributed by atoms with van der Waals surface area (Å²) in [5.74, 6) is 1.44. The van der Waals surface area contributed by atoms with Crippen molar-refractivity contribution in [1.82, 2.24) is 0 Å². The van der Waals surface area contributed by atoms with Gasteiger partial charge < -0.3 is 10.5 Å². The standard InChI is InChI=1S/C13H10Br2ClNO/c14-10-5-8(7-17)1-3-12(10)18-13-4-2-9(16)6-11(13)15/h1-6H,7,17H2. The molecule has 0 saturated carbocycles. The van der Waals surface area contributed by atoms with E-state index in [9.17, 15) is 0 Å². The molecule has 0 bridgehead atoms. The lowest BCUT2D eigenvalue weighted by molar-refractivity contribution is 0.476. The fraction of sp³-hybridized carbons (Fsp3) is 0.0769. The van der Waals surface area contributed by atoms with Crippen molar-refractivity contribution in [2.45, 2.75) is 6.54 Å². The predicted molar refractivity (Wildman–Crippen MR) is 81.3 cm³/mol. The zero-order valence-corrected chi connectivity index (χ0v) is 13.2. The van der Waals surface area contributed by atoms with Gasteiger partial charge in [0.2, 0.25) is 0 Å². The monoisotopic (exact) mass is 389 g/mol. The molecule has 94 valence electrons. The average molecular weight is 391 g/mol. The molecule has 2 rings (SSSR count). The van der Waals surface area contributed by atoms with E-state index >= 15 is 0 Å². The molecular weight excluding hydrogens is 381 g/mol. The van der Waals surface area contributed by atoms with E-state index in [2.05, 4.69) is 31.9 Å². The van der Waals surface area contributed by atoms with E-state index in [0.717, 1.165) is 20.3 Å². The molecule has 2 aromatic rings. The van der Waals surface area contributed by atoms with Gasteiger partial charge in [0.15, 0.2) is 0 Å². The topological polar surface area (TPSA) is 35.2 Å². The summed E-state index contributed by atoms with van der Waals surface area (Å²) >= 11 is 12.8. The molecule has 2 N–H and O–H groups in total. The SMILES string of the molecule is NCc1ccc(Oc2ccc(Cl)cc2Br)c(Br)c1. The maximum Gasteiger partial charge on any atom is 0.141 e. The van der Waals surface area contributed by atoms with Crippen LogP contribution < -0.4 is 10.5 Å². The maximum atomic E-state index is 5.88. The second-order valence-corrected chi connectivity index (χ2v) is 5.79. The fourth-order valence-electron chi connectivity index (χ4n) is 1.43. The summed E-state index contributed by atoms with van der Waals surface area (Å²) in [5, 5.41) is 0.659. The summed E-state index contributed by atoms with van der Waals surface area (Å²) in [7, 11) is 0. The molecule has 0 aliphatic heterocycles. The van der Waals surface area contributed by atoms with Gasteiger partial charge in [-0.2, -0.15) is 0 Å². The summed E-state index contributed by atoms with van der Waals surface area (Å²) < 4.78 is 7.48. The van der Waals surface area contributed by atoms with Crippen LogP contribution in [0.25, 0.3) is 0 Å². The van der Waals surface area contributed by atoms with Crippen LogP contribution in [0.1, 0.15) is 5.56 Å². The van der Waals surface area contributed by atoms with E-state index in [4.69, 9.17) is 22.1 Å². The van der Waals surface area contributed by atoms with Crippen LogP contribution in [0, 0.1) is 0 Å². The van der Waals surface area contributed by atoms with E-state index in [0.29, 0.717) is 17.3 Å². The number of hydrogen-bond donors (Lipinski definition) is 1. The Labute approximate surface area is 127 Å². The van der Waals surface area contributed by atoms with Crippen molar-refractivity contribution in [3.63, 3.8) is 0 Å². The number of nitrogens with two attached hydrogens (primary N) is 1. The minimum absolute atomic E-state index is 0.503. The molecule has 18 heavy (non-hydrogen) atoms. The fourth-order valence-corrected chi connectivity index (χ4v) is 2.70. The number of benzene rings is 2. The quantitative estimate of drug-likeness (QED) is 0.789. The summed E-state index contributed by atoms with van der Waals surface area (Å²) in [6.07, 6.45) is 0. The summed E-state index contributed by atoms with van der Waals surface area (Å²) in [5.41, 5.74) is 6.62. The molecule has 0 spiro atoms. The van der Waals surface area contributed by atoms with Gasteiger partial charge in [0.25, 0.3) is 0 Å². The lowest BCUT2D eigenvalue weighted by Crippen LogP contribution is -1.96. The van der Waals surface area contributed by atoms with Gasteiger partial charge in [-0.25, -0.2) is 0 Å². The molecule has 0 radical (unpaired) electrons. The van der Waals surface area contributed by atoms with Gasteiger partial charge in [-0.3, -0.25) is 0 Å². The molecule has 0 aromatic heterocycles. The minimum Gasteiger partial charge on any atom is -0.455 e. The van der Waals surface area contributed by atoms with Crippen LogP contribution in [-0.2, 0) is 6.54 Å². The Bertz CT molecular complexity index is 575. The highest BCUT2D eigenvalue weighted by Crippen LogP contribution is 2.35. The van der Waals surface area contributed by atoms with Crippen LogP contribution in [0.2, 0.25) is 5.02 Å². The number of hydrogen-bond acceptors (Lipinski definition) is 2. The molecule has 5 heteroatoms. The molecule has 0 unspecified atom stereocenters. The van der Waals surface area contributed by atoms with Crippen molar-refractivity contribution in [3.8, 4) is 11.5 Å². The molecule has 0 amide bonds. The molecule has 0 fully saturated rings. The van der Waals surface area contributed by atoms with E-state index in [1.54, 1.807) is 12.1 Å². The Kier molecular flexibility index (Phi) is 4.67. The van der Waals surface area contributed by atoms with Crippen molar-refractivity contribution < 1.29 is 4.74 Å². The highest BCUT2D eigenvalue weighted by molar-refractivity contribution is 9.11. The first kappa shape index (κ1) is 13.9. The third-order valence-electron chi connectivity index (χ3n) is 2.35. The smallest absolute Gasteiger partial charge is 0.141 e. The van der Waals surface area contributed by atoms with Crippen LogP contribution in [0.3, 0.4) is 0 Å². The third-order valence-corrected chi connectivity index (χ3v) is 3.82. The molecule has 2 nitrogen and oxygen atoms in total. The molecule has 0 aliphatic rings. The van der Waals surface area contributed by atoms with Gasteiger partial charge in [-0.1, -0.05) is 17.7 Å². The van der Waals surface area contributed by atoms with E-state index in [1.165, 1.54) is 0 Å². The Balaban J connectivity index is 2.28. The van der Waals surface area contributed by atoms with Crippen LogP contribution in [0.5, 0.6) is 11.5 Å². The highest BCUT2D eigenvalue weighted by atomic mass is 79.9. The van der Waals surface area contributed by atoms with Gasteiger partial charge in [-0.15, -0.1) is 0 Å². The van der Waals surface area contributed by atoms with Gasteiger partial charge in [-0.05, 0) is 67.8 Å². The molecule has 0 atom stereocenters. The first-order valence-electron chi connectivity index (χ1n) is 5.21. The first-order chi connectivity index (χ1) is 8.60. The molecule has 0 aliphatic carbocycles. The second kappa shape index (κ2) is 6.06. The first-order valence-corrected chi connectivity index (χ1v) is 7.18. The summed E-state index contributed by atoms with van der Waals surface area (Å²) in [4.78, 5) is 0. The van der Waals surface area contributed by atoms with Crippen LogP contribution >= 0.6 is 43.5 Å². The molecular formula is C13H10Br2ClNO. The largest absolute Gasteiger partial charge is 0.455 e. The second-order valence-electron chi connectivity index (χ2n) is 3.65. The van der Waals surface area contributed by atoms with Crippen molar-refractivity contribution in [3.05, 3.63) is 55.9 Å². The lowest BCUT2D eigenvalue weighted by Gasteiger charge is -2.10. The Morgan fingerprint density at radius 1 is 1.00 bits per heavy atom. The Morgan fingerprint density at radius 3 is 2.17 bits per heavy atom. The molecule has 0 heterocycles. The van der Waals surface area contributed by atoms with E-state index in [1.807, 2.05) is 24.3 Å². The predicted octanol–water partition coefficient (Wildman–Crippen LogP) is 5.12. The zero-order valence-electron chi connectivity index (χ0n) is 9.29. The zero-order chi connectivity index (χ0) is 13.1. The van der Waals surface area contributed by atoms with E-state index < -0.39 is 0 Å². The van der Waals surface area contributed by atoms with Crippen LogP contribution in [-0.4, -0.2) is 0 Å². The van der Waals surface area contributed by atoms with Crippen molar-refractivity contribution in [2.75, 3.05) is 0 Å². The van der Waals surface area contributed by atoms with Gasteiger partial charge in [0.05, 0.1) is 8.95 Å². The van der Waals surface area contributed by atoms with Gasteiger partial charge >= 0.3 is 0 Å². The third kappa shape index (κ3) is 3.26. The normalized spacial score (nSPS) is 10.4. The van der Waals surface area contributed by atoms with Crippen molar-refractivity contribution in [1.29, 1.82) is 0 Å². The van der Waals surface area contributed by atoms with Crippen molar-refractivity contribution in [2.24, 2.45) is 5.73 Å². The molecule has 2 aromatic carbocycles. The Morgan fingerprint density at radius 2 is 1.61 bits per heavy atom. The Hall–Kier alpha value is -0.550. The lowest BCUT2D eigenvalue weighted by atomic mass is 10.2. The van der Waals surface area contributed by atoms with Crippen LogP contribution in [0.4, 0.5) is 0 Å². The minimum atomic E-state index is 0.503.